The zero-order valence-corrected chi connectivity index (χ0v) is 15.7. The van der Waals surface area contributed by atoms with Crippen LogP contribution in [-0.4, -0.2) is 34.2 Å². The molecule has 3 heterocycles. The summed E-state index contributed by atoms with van der Waals surface area (Å²) in [5.41, 5.74) is 1.97. The number of fused-ring (bicyclic) bond motifs is 1. The third-order valence-corrected chi connectivity index (χ3v) is 5.56. The van der Waals surface area contributed by atoms with Gasteiger partial charge in [-0.25, -0.2) is 0 Å². The Labute approximate surface area is 162 Å². The number of benzene rings is 2. The first-order valence-electron chi connectivity index (χ1n) is 9.28. The SMILES string of the molecule is S=c1n(C[NH+]2CCCC2)nc(-c2ccc3c(c2)OCO3)n1-c1ccccc1. The van der Waals surface area contributed by atoms with Gasteiger partial charge in [0.2, 0.25) is 11.6 Å². The van der Waals surface area contributed by atoms with E-state index >= 15 is 0 Å². The quantitative estimate of drug-likeness (QED) is 0.705. The molecule has 138 valence electrons. The second-order valence-electron chi connectivity index (χ2n) is 6.96. The lowest BCUT2D eigenvalue weighted by Gasteiger charge is -2.11. The van der Waals surface area contributed by atoms with E-state index in [4.69, 9.17) is 26.8 Å². The van der Waals surface area contributed by atoms with Crippen molar-refractivity contribution in [2.45, 2.75) is 19.5 Å². The van der Waals surface area contributed by atoms with Gasteiger partial charge < -0.3 is 14.4 Å². The molecule has 0 amide bonds. The van der Waals surface area contributed by atoms with Gasteiger partial charge in [0.05, 0.1) is 13.1 Å². The Bertz CT molecular complexity index is 1020. The molecular formula is C20H21N4O2S+. The fourth-order valence-corrected chi connectivity index (χ4v) is 4.09. The first kappa shape index (κ1) is 16.5. The van der Waals surface area contributed by atoms with Crippen molar-refractivity contribution >= 4 is 12.2 Å². The molecule has 1 fully saturated rings. The molecule has 1 saturated heterocycles. The Hall–Kier alpha value is -2.64. The molecule has 27 heavy (non-hydrogen) atoms. The maximum atomic E-state index is 5.82. The van der Waals surface area contributed by atoms with Crippen molar-refractivity contribution in [1.29, 1.82) is 0 Å². The molecule has 2 aromatic carbocycles. The summed E-state index contributed by atoms with van der Waals surface area (Å²) in [6.07, 6.45) is 2.55. The predicted molar refractivity (Wildman–Crippen MR) is 104 cm³/mol. The highest BCUT2D eigenvalue weighted by Gasteiger charge is 2.22. The minimum absolute atomic E-state index is 0.260. The van der Waals surface area contributed by atoms with Gasteiger partial charge in [-0.1, -0.05) is 18.2 Å². The number of ether oxygens (including phenoxy) is 2. The molecule has 0 atom stereocenters. The van der Waals surface area contributed by atoms with Gasteiger partial charge in [0, 0.05) is 24.1 Å². The van der Waals surface area contributed by atoms with E-state index in [1.54, 1.807) is 0 Å². The molecule has 1 N–H and O–H groups in total. The molecular weight excluding hydrogens is 360 g/mol. The maximum absolute atomic E-state index is 5.82. The molecule has 2 aliphatic rings. The minimum Gasteiger partial charge on any atom is -0.454 e. The van der Waals surface area contributed by atoms with Crippen LogP contribution in [0.4, 0.5) is 0 Å². The molecule has 0 spiro atoms. The molecule has 0 radical (unpaired) electrons. The molecule has 0 unspecified atom stereocenters. The molecule has 3 aromatic rings. The Morgan fingerprint density at radius 2 is 1.78 bits per heavy atom. The Kier molecular flexibility index (Phi) is 4.18. The predicted octanol–water partition coefficient (Wildman–Crippen LogP) is 2.44. The number of aromatic nitrogens is 3. The average molecular weight is 381 g/mol. The standard InChI is InChI=1S/C20H20N4O2S/c27-20-23(13-22-10-4-5-11-22)21-19(24(20)16-6-2-1-3-7-16)15-8-9-17-18(12-15)26-14-25-17/h1-3,6-9,12H,4-5,10-11,13-14H2/p+1. The number of nitrogens with zero attached hydrogens (tertiary/aromatic N) is 3. The fourth-order valence-electron chi connectivity index (χ4n) is 3.79. The van der Waals surface area contributed by atoms with Crippen molar-refractivity contribution in [2.75, 3.05) is 19.9 Å². The fraction of sp³-hybridized carbons (Fsp3) is 0.300. The highest BCUT2D eigenvalue weighted by molar-refractivity contribution is 7.71. The van der Waals surface area contributed by atoms with Crippen LogP contribution in [0.1, 0.15) is 12.8 Å². The lowest BCUT2D eigenvalue weighted by molar-refractivity contribution is -0.911. The summed E-state index contributed by atoms with van der Waals surface area (Å²) in [4.78, 5) is 1.53. The smallest absolute Gasteiger partial charge is 0.231 e. The summed E-state index contributed by atoms with van der Waals surface area (Å²) in [5, 5.41) is 4.90. The number of hydrogen-bond donors (Lipinski definition) is 1. The van der Waals surface area contributed by atoms with Gasteiger partial charge >= 0.3 is 0 Å². The number of likely N-dealkylation sites (tertiary alicyclic amines) is 1. The number of quaternary nitrogens is 1. The Balaban J connectivity index is 1.63. The van der Waals surface area contributed by atoms with Crippen LogP contribution >= 0.6 is 12.2 Å². The third kappa shape index (κ3) is 3.02. The van der Waals surface area contributed by atoms with E-state index in [-0.39, 0.29) is 6.79 Å². The van der Waals surface area contributed by atoms with Gasteiger partial charge in [0.15, 0.2) is 24.0 Å². The minimum atomic E-state index is 0.260. The number of nitrogens with one attached hydrogen (secondary N) is 1. The molecule has 5 rings (SSSR count). The van der Waals surface area contributed by atoms with E-state index in [0.29, 0.717) is 4.77 Å². The summed E-state index contributed by atoms with van der Waals surface area (Å²) in [6, 6.07) is 16.1. The topological polar surface area (TPSA) is 45.6 Å². The summed E-state index contributed by atoms with van der Waals surface area (Å²) in [5.74, 6) is 2.34. The zero-order valence-electron chi connectivity index (χ0n) is 14.9. The van der Waals surface area contributed by atoms with Crippen molar-refractivity contribution in [3.63, 3.8) is 0 Å². The number of hydrogen-bond acceptors (Lipinski definition) is 4. The van der Waals surface area contributed by atoms with Crippen LogP contribution < -0.4 is 14.4 Å². The monoisotopic (exact) mass is 381 g/mol. The Morgan fingerprint density at radius 1 is 1.00 bits per heavy atom. The second-order valence-corrected chi connectivity index (χ2v) is 7.33. The molecule has 1 aromatic heterocycles. The van der Waals surface area contributed by atoms with E-state index in [0.717, 1.165) is 35.2 Å². The second kappa shape index (κ2) is 6.83. The van der Waals surface area contributed by atoms with Crippen LogP contribution in [0.25, 0.3) is 17.1 Å². The van der Waals surface area contributed by atoms with Crippen LogP contribution in [0.5, 0.6) is 11.5 Å². The summed E-state index contributed by atoms with van der Waals surface area (Å²) < 4.78 is 15.7. The van der Waals surface area contributed by atoms with Gasteiger partial charge in [-0.3, -0.25) is 4.57 Å². The van der Waals surface area contributed by atoms with Crippen molar-refractivity contribution in [2.24, 2.45) is 0 Å². The zero-order chi connectivity index (χ0) is 18.2. The lowest BCUT2D eigenvalue weighted by Crippen LogP contribution is -3.09. The third-order valence-electron chi connectivity index (χ3n) is 5.17. The first-order chi connectivity index (χ1) is 13.3. The normalized spacial score (nSPS) is 16.1. The average Bonchev–Trinajstić information content (AvgIpc) is 3.43. The van der Waals surface area contributed by atoms with Crippen LogP contribution in [0.15, 0.2) is 48.5 Å². The van der Waals surface area contributed by atoms with E-state index < -0.39 is 0 Å². The molecule has 0 aliphatic carbocycles. The largest absolute Gasteiger partial charge is 0.454 e. The molecule has 6 nitrogen and oxygen atoms in total. The van der Waals surface area contributed by atoms with Crippen molar-refractivity contribution < 1.29 is 14.4 Å². The lowest BCUT2D eigenvalue weighted by atomic mass is 10.2. The van der Waals surface area contributed by atoms with Crippen LogP contribution in [0.3, 0.4) is 0 Å². The summed E-state index contributed by atoms with van der Waals surface area (Å²) in [6.45, 7) is 3.42. The van der Waals surface area contributed by atoms with Gasteiger partial charge in [-0.15, -0.1) is 5.10 Å². The van der Waals surface area contributed by atoms with E-state index in [1.165, 1.54) is 30.8 Å². The van der Waals surface area contributed by atoms with Crippen LogP contribution in [0.2, 0.25) is 0 Å². The van der Waals surface area contributed by atoms with Gasteiger partial charge in [-0.05, 0) is 42.5 Å². The first-order valence-corrected chi connectivity index (χ1v) is 9.69. The van der Waals surface area contributed by atoms with Gasteiger partial charge in [-0.2, -0.15) is 4.68 Å². The number of rotatable bonds is 4. The van der Waals surface area contributed by atoms with Gasteiger partial charge in [0.25, 0.3) is 0 Å². The van der Waals surface area contributed by atoms with Crippen LogP contribution in [-0.2, 0) is 6.67 Å². The van der Waals surface area contributed by atoms with Crippen LogP contribution in [0, 0.1) is 4.77 Å². The van der Waals surface area contributed by atoms with Crippen molar-refractivity contribution in [1.82, 2.24) is 14.3 Å². The van der Waals surface area contributed by atoms with E-state index in [9.17, 15) is 0 Å². The number of para-hydroxylation sites is 1. The maximum Gasteiger partial charge on any atom is 0.231 e. The molecule has 0 saturated carbocycles. The van der Waals surface area contributed by atoms with Crippen molar-refractivity contribution in [3.8, 4) is 28.6 Å². The van der Waals surface area contributed by atoms with Gasteiger partial charge in [0.1, 0.15) is 0 Å². The summed E-state index contributed by atoms with van der Waals surface area (Å²) in [7, 11) is 0. The van der Waals surface area contributed by atoms with Crippen molar-refractivity contribution in [3.05, 3.63) is 53.3 Å². The highest BCUT2D eigenvalue weighted by atomic mass is 32.1. The summed E-state index contributed by atoms with van der Waals surface area (Å²) >= 11 is 5.82. The molecule has 0 bridgehead atoms. The van der Waals surface area contributed by atoms with E-state index in [1.807, 2.05) is 45.6 Å². The molecule has 7 heteroatoms. The molecule has 2 aliphatic heterocycles. The highest BCUT2D eigenvalue weighted by Crippen LogP contribution is 2.36. The Morgan fingerprint density at radius 3 is 2.59 bits per heavy atom. The van der Waals surface area contributed by atoms with E-state index in [2.05, 4.69) is 12.1 Å².